The highest BCUT2D eigenvalue weighted by Crippen LogP contribution is 2.19. The molecule has 17 heavy (non-hydrogen) atoms. The van der Waals surface area contributed by atoms with Crippen LogP contribution in [0, 0.1) is 0 Å². The molecular weight excluding hydrogens is 236 g/mol. The molecule has 0 atom stereocenters. The zero-order valence-corrected chi connectivity index (χ0v) is 10.2. The van der Waals surface area contributed by atoms with Crippen LogP contribution in [0.1, 0.15) is 18.4 Å². The van der Waals surface area contributed by atoms with E-state index >= 15 is 0 Å². The fourth-order valence-electron chi connectivity index (χ4n) is 1.94. The lowest BCUT2D eigenvalue weighted by molar-refractivity contribution is -0.137. The van der Waals surface area contributed by atoms with Gasteiger partial charge < -0.3 is 5.11 Å². The molecule has 1 N–H and O–H groups in total. The first-order valence-electron chi connectivity index (χ1n) is 5.46. The van der Waals surface area contributed by atoms with E-state index in [0.29, 0.717) is 6.42 Å². The van der Waals surface area contributed by atoms with E-state index in [1.165, 1.54) is 16.3 Å². The van der Waals surface area contributed by atoms with Crippen LogP contribution in [0.3, 0.4) is 0 Å². The van der Waals surface area contributed by atoms with Gasteiger partial charge in [0, 0.05) is 6.42 Å². The van der Waals surface area contributed by atoms with Gasteiger partial charge in [-0.3, -0.25) is 4.79 Å². The largest absolute Gasteiger partial charge is 0.481 e. The molecule has 0 spiro atoms. The normalized spacial score (nSPS) is 9.88. The Kier molecular flexibility index (Phi) is 4.98. The van der Waals surface area contributed by atoms with E-state index in [0.717, 1.165) is 6.42 Å². The molecule has 0 radical (unpaired) electrons. The first-order valence-corrected chi connectivity index (χ1v) is 5.46. The minimum atomic E-state index is -0.722. The van der Waals surface area contributed by atoms with Crippen molar-refractivity contribution in [1.29, 1.82) is 0 Å². The summed E-state index contributed by atoms with van der Waals surface area (Å²) in [6, 6.07) is 14.4. The standard InChI is InChI=1S/C14H14O2.ClH/c15-14(16)10-4-8-12-7-3-6-11-5-1-2-9-13(11)12;/h1-3,5-7,9H,4,8,10H2,(H,15,16);1H. The van der Waals surface area contributed by atoms with Gasteiger partial charge in [-0.1, -0.05) is 42.5 Å². The third-order valence-electron chi connectivity index (χ3n) is 2.72. The maximum Gasteiger partial charge on any atom is 0.303 e. The second kappa shape index (κ2) is 6.26. The zero-order chi connectivity index (χ0) is 11.4. The molecular formula is C14H15ClO2. The Hall–Kier alpha value is -1.54. The molecule has 0 amide bonds. The average Bonchev–Trinajstić information content (AvgIpc) is 2.29. The van der Waals surface area contributed by atoms with Crippen molar-refractivity contribution < 1.29 is 9.90 Å². The summed E-state index contributed by atoms with van der Waals surface area (Å²) in [4.78, 5) is 10.5. The number of benzene rings is 2. The fourth-order valence-corrected chi connectivity index (χ4v) is 1.94. The predicted octanol–water partition coefficient (Wildman–Crippen LogP) is 3.67. The number of carbonyl (C=O) groups is 1. The van der Waals surface area contributed by atoms with Crippen LogP contribution in [0.25, 0.3) is 10.8 Å². The van der Waals surface area contributed by atoms with Crippen molar-refractivity contribution in [3.8, 4) is 0 Å². The molecule has 2 rings (SSSR count). The Balaban J connectivity index is 0.00000144. The number of halogens is 1. The maximum atomic E-state index is 10.5. The molecule has 3 heteroatoms. The highest BCUT2D eigenvalue weighted by atomic mass is 35.5. The van der Waals surface area contributed by atoms with Gasteiger partial charge in [-0.05, 0) is 29.2 Å². The van der Waals surface area contributed by atoms with Crippen molar-refractivity contribution in [3.05, 3.63) is 48.0 Å². The Bertz CT molecular complexity index is 503. The van der Waals surface area contributed by atoms with Gasteiger partial charge in [-0.25, -0.2) is 0 Å². The predicted molar refractivity (Wildman–Crippen MR) is 71.8 cm³/mol. The summed E-state index contributed by atoms with van der Waals surface area (Å²) in [5.41, 5.74) is 1.24. The molecule has 0 bridgehead atoms. The van der Waals surface area contributed by atoms with Crippen LogP contribution in [-0.4, -0.2) is 11.1 Å². The maximum absolute atomic E-state index is 10.5. The van der Waals surface area contributed by atoms with Crippen molar-refractivity contribution >= 4 is 29.1 Å². The minimum absolute atomic E-state index is 0. The number of carboxylic acids is 1. The molecule has 0 saturated heterocycles. The van der Waals surface area contributed by atoms with Gasteiger partial charge in [0.1, 0.15) is 0 Å². The number of aliphatic carboxylic acids is 1. The zero-order valence-electron chi connectivity index (χ0n) is 9.43. The van der Waals surface area contributed by atoms with E-state index in [-0.39, 0.29) is 18.8 Å². The number of hydrogen-bond acceptors (Lipinski definition) is 1. The van der Waals surface area contributed by atoms with E-state index in [4.69, 9.17) is 5.11 Å². The van der Waals surface area contributed by atoms with Crippen LogP contribution < -0.4 is 0 Å². The molecule has 0 unspecified atom stereocenters. The lowest BCUT2D eigenvalue weighted by Gasteiger charge is -2.05. The van der Waals surface area contributed by atoms with E-state index in [1.54, 1.807) is 0 Å². The molecule has 0 aliphatic carbocycles. The number of aryl methyl sites for hydroxylation is 1. The van der Waals surface area contributed by atoms with E-state index in [2.05, 4.69) is 24.3 Å². The van der Waals surface area contributed by atoms with Gasteiger partial charge in [0.15, 0.2) is 0 Å². The number of rotatable bonds is 4. The van der Waals surface area contributed by atoms with Crippen molar-refractivity contribution in [3.63, 3.8) is 0 Å². The summed E-state index contributed by atoms with van der Waals surface area (Å²) >= 11 is 0. The summed E-state index contributed by atoms with van der Waals surface area (Å²) in [7, 11) is 0. The van der Waals surface area contributed by atoms with Crippen molar-refractivity contribution in [1.82, 2.24) is 0 Å². The number of fused-ring (bicyclic) bond motifs is 1. The van der Waals surface area contributed by atoms with Crippen molar-refractivity contribution in [2.45, 2.75) is 19.3 Å². The van der Waals surface area contributed by atoms with Crippen LogP contribution in [0.4, 0.5) is 0 Å². The lowest BCUT2D eigenvalue weighted by atomic mass is 10.0. The fraction of sp³-hybridized carbons (Fsp3) is 0.214. The second-order valence-corrected chi connectivity index (χ2v) is 3.89. The van der Waals surface area contributed by atoms with Crippen molar-refractivity contribution in [2.24, 2.45) is 0 Å². The van der Waals surface area contributed by atoms with Crippen LogP contribution in [0.2, 0.25) is 0 Å². The third kappa shape index (κ3) is 3.46. The molecule has 0 aliphatic rings. The first-order chi connectivity index (χ1) is 7.77. The highest BCUT2D eigenvalue weighted by Gasteiger charge is 2.01. The van der Waals surface area contributed by atoms with Crippen LogP contribution >= 0.6 is 12.4 Å². The molecule has 0 aliphatic heterocycles. The smallest absolute Gasteiger partial charge is 0.303 e. The Labute approximate surface area is 107 Å². The molecule has 0 aromatic heterocycles. The van der Waals surface area contributed by atoms with E-state index in [1.807, 2.05) is 18.2 Å². The van der Waals surface area contributed by atoms with Crippen LogP contribution in [0.15, 0.2) is 42.5 Å². The molecule has 0 saturated carbocycles. The van der Waals surface area contributed by atoms with Gasteiger partial charge in [-0.2, -0.15) is 0 Å². The van der Waals surface area contributed by atoms with Crippen LogP contribution in [0.5, 0.6) is 0 Å². The quantitative estimate of drug-likeness (QED) is 0.899. The summed E-state index contributed by atoms with van der Waals surface area (Å²) in [5.74, 6) is -0.722. The number of carboxylic acid groups (broad SMARTS) is 1. The Morgan fingerprint density at radius 2 is 1.76 bits per heavy atom. The molecule has 0 fully saturated rings. The average molecular weight is 251 g/mol. The van der Waals surface area contributed by atoms with Gasteiger partial charge in [-0.15, -0.1) is 12.4 Å². The molecule has 90 valence electrons. The molecule has 2 aromatic carbocycles. The van der Waals surface area contributed by atoms with Gasteiger partial charge in [0.25, 0.3) is 0 Å². The van der Waals surface area contributed by atoms with Crippen LogP contribution in [-0.2, 0) is 11.2 Å². The third-order valence-corrected chi connectivity index (χ3v) is 2.72. The summed E-state index contributed by atoms with van der Waals surface area (Å²) in [5, 5.41) is 11.1. The molecule has 2 nitrogen and oxygen atoms in total. The topological polar surface area (TPSA) is 37.3 Å². The van der Waals surface area contributed by atoms with Gasteiger partial charge in [0.05, 0.1) is 0 Å². The molecule has 2 aromatic rings. The second-order valence-electron chi connectivity index (χ2n) is 3.89. The monoisotopic (exact) mass is 250 g/mol. The van der Waals surface area contributed by atoms with E-state index < -0.39 is 5.97 Å². The van der Waals surface area contributed by atoms with Crippen molar-refractivity contribution in [2.75, 3.05) is 0 Å². The van der Waals surface area contributed by atoms with E-state index in [9.17, 15) is 4.79 Å². The summed E-state index contributed by atoms with van der Waals surface area (Å²) in [6.07, 6.45) is 1.76. The SMILES string of the molecule is Cl.O=C(O)CCCc1cccc2ccccc12. The Morgan fingerprint density at radius 3 is 2.53 bits per heavy atom. The summed E-state index contributed by atoms with van der Waals surface area (Å²) < 4.78 is 0. The van der Waals surface area contributed by atoms with Gasteiger partial charge in [0.2, 0.25) is 0 Å². The summed E-state index contributed by atoms with van der Waals surface area (Å²) in [6.45, 7) is 0. The first kappa shape index (κ1) is 13.5. The number of hydrogen-bond donors (Lipinski definition) is 1. The highest BCUT2D eigenvalue weighted by molar-refractivity contribution is 5.86. The minimum Gasteiger partial charge on any atom is -0.481 e. The van der Waals surface area contributed by atoms with Gasteiger partial charge >= 0.3 is 5.97 Å². The molecule has 0 heterocycles. The lowest BCUT2D eigenvalue weighted by Crippen LogP contribution is -1.96. The Morgan fingerprint density at radius 1 is 1.06 bits per heavy atom.